The molecule has 2 aromatic carbocycles. The van der Waals surface area contributed by atoms with Crippen LogP contribution in [0.3, 0.4) is 0 Å². The number of likely N-dealkylation sites (N-methyl/N-ethyl adjacent to an activating group) is 1. The number of sulfonamides is 1. The van der Waals surface area contributed by atoms with Crippen molar-refractivity contribution in [3.05, 3.63) is 52.6 Å². The summed E-state index contributed by atoms with van der Waals surface area (Å²) in [6, 6.07) is 10.3. The molecule has 0 aliphatic carbocycles. The number of methoxy groups -OCH3 is 1. The van der Waals surface area contributed by atoms with Crippen molar-refractivity contribution < 1.29 is 27.7 Å². The van der Waals surface area contributed by atoms with Gasteiger partial charge in [-0.25, -0.2) is 8.42 Å². The predicted octanol–water partition coefficient (Wildman–Crippen LogP) is 0.915. The number of piperazine rings is 1. The van der Waals surface area contributed by atoms with Gasteiger partial charge in [-0.05, 0) is 24.3 Å². The standard InChI is InChI=1S/C18H21N3O6S/c1-19-8-10-20(11-9-19)28(24,25)16-6-7-18(17(13-16)21(22)23)27-15-5-3-4-14(12-15)26-2/h3-7,12-13H,8-11H2,1-2H3/p+1. The lowest BCUT2D eigenvalue weighted by Crippen LogP contribution is -3.12. The highest BCUT2D eigenvalue weighted by atomic mass is 32.2. The Labute approximate surface area is 163 Å². The Kier molecular flexibility index (Phi) is 5.82. The number of ether oxygens (including phenoxy) is 2. The molecule has 0 atom stereocenters. The molecule has 1 N–H and O–H groups in total. The van der Waals surface area contributed by atoms with E-state index in [9.17, 15) is 18.5 Å². The van der Waals surface area contributed by atoms with E-state index in [1.54, 1.807) is 24.3 Å². The molecule has 0 amide bonds. The van der Waals surface area contributed by atoms with Gasteiger partial charge >= 0.3 is 5.69 Å². The third-order valence-corrected chi connectivity index (χ3v) is 6.50. The number of rotatable bonds is 6. The van der Waals surface area contributed by atoms with Crippen LogP contribution in [0.5, 0.6) is 17.2 Å². The first-order chi connectivity index (χ1) is 13.3. The van der Waals surface area contributed by atoms with Crippen LogP contribution in [-0.2, 0) is 10.0 Å². The Morgan fingerprint density at radius 1 is 1.11 bits per heavy atom. The predicted molar refractivity (Wildman–Crippen MR) is 102 cm³/mol. The number of nitrogens with one attached hydrogen (secondary N) is 1. The van der Waals surface area contributed by atoms with E-state index in [-0.39, 0.29) is 10.6 Å². The summed E-state index contributed by atoms with van der Waals surface area (Å²) in [5, 5.41) is 11.5. The Balaban J connectivity index is 1.91. The molecular weight excluding hydrogens is 386 g/mol. The molecule has 1 heterocycles. The van der Waals surface area contributed by atoms with E-state index >= 15 is 0 Å². The molecule has 28 heavy (non-hydrogen) atoms. The van der Waals surface area contributed by atoms with Crippen LogP contribution >= 0.6 is 0 Å². The quantitative estimate of drug-likeness (QED) is 0.563. The molecule has 0 saturated carbocycles. The second-order valence-electron chi connectivity index (χ2n) is 6.53. The summed E-state index contributed by atoms with van der Waals surface area (Å²) in [7, 11) is -0.301. The van der Waals surface area contributed by atoms with Gasteiger partial charge in [0.05, 0.1) is 50.2 Å². The molecule has 9 nitrogen and oxygen atoms in total. The van der Waals surface area contributed by atoms with E-state index in [1.165, 1.54) is 28.4 Å². The van der Waals surface area contributed by atoms with Gasteiger partial charge < -0.3 is 14.4 Å². The number of hydrogen-bond donors (Lipinski definition) is 1. The summed E-state index contributed by atoms with van der Waals surface area (Å²) in [5.41, 5.74) is -0.413. The van der Waals surface area contributed by atoms with E-state index in [4.69, 9.17) is 9.47 Å². The van der Waals surface area contributed by atoms with Gasteiger partial charge in [0.25, 0.3) is 0 Å². The summed E-state index contributed by atoms with van der Waals surface area (Å²) in [4.78, 5) is 12.0. The third kappa shape index (κ3) is 4.24. The van der Waals surface area contributed by atoms with Gasteiger partial charge in [-0.1, -0.05) is 6.07 Å². The van der Waals surface area contributed by atoms with Crippen molar-refractivity contribution in [1.82, 2.24) is 4.31 Å². The average Bonchev–Trinajstić information content (AvgIpc) is 2.68. The average molecular weight is 408 g/mol. The molecule has 0 aromatic heterocycles. The molecule has 1 aliphatic heterocycles. The summed E-state index contributed by atoms with van der Waals surface area (Å²) < 4.78 is 37.8. The summed E-state index contributed by atoms with van der Waals surface area (Å²) >= 11 is 0. The minimum atomic E-state index is -3.80. The number of hydrogen-bond acceptors (Lipinski definition) is 6. The van der Waals surface area contributed by atoms with Gasteiger partial charge in [0.2, 0.25) is 15.8 Å². The summed E-state index contributed by atoms with van der Waals surface area (Å²) in [6.07, 6.45) is 0. The highest BCUT2D eigenvalue weighted by molar-refractivity contribution is 7.89. The maximum atomic E-state index is 12.9. The van der Waals surface area contributed by atoms with E-state index in [2.05, 4.69) is 0 Å². The van der Waals surface area contributed by atoms with Crippen LogP contribution in [0.1, 0.15) is 0 Å². The Bertz CT molecular complexity index is 971. The van der Waals surface area contributed by atoms with Crippen LogP contribution in [0.4, 0.5) is 5.69 Å². The Morgan fingerprint density at radius 2 is 1.79 bits per heavy atom. The highest BCUT2D eigenvalue weighted by Gasteiger charge is 2.31. The molecule has 1 fully saturated rings. The van der Waals surface area contributed by atoms with Crippen molar-refractivity contribution in [2.24, 2.45) is 0 Å². The fourth-order valence-electron chi connectivity index (χ4n) is 2.94. The maximum Gasteiger partial charge on any atom is 0.312 e. The minimum absolute atomic E-state index is 0.0416. The van der Waals surface area contributed by atoms with Gasteiger partial charge in [-0.3, -0.25) is 10.1 Å². The Hall–Kier alpha value is -2.69. The molecule has 150 valence electrons. The second-order valence-corrected chi connectivity index (χ2v) is 8.47. The van der Waals surface area contributed by atoms with Gasteiger partial charge in [-0.2, -0.15) is 4.31 Å². The monoisotopic (exact) mass is 408 g/mol. The fourth-order valence-corrected chi connectivity index (χ4v) is 4.40. The van der Waals surface area contributed by atoms with Gasteiger partial charge in [0.1, 0.15) is 11.5 Å². The molecule has 1 aliphatic rings. The lowest BCUT2D eigenvalue weighted by molar-refractivity contribution is -0.883. The first kappa shape index (κ1) is 20.1. The maximum absolute atomic E-state index is 12.9. The minimum Gasteiger partial charge on any atom is -0.497 e. The highest BCUT2D eigenvalue weighted by Crippen LogP contribution is 2.35. The number of benzene rings is 2. The van der Waals surface area contributed by atoms with Crippen molar-refractivity contribution >= 4 is 15.7 Å². The van der Waals surface area contributed by atoms with Crippen molar-refractivity contribution in [3.8, 4) is 17.2 Å². The Morgan fingerprint density at radius 3 is 2.43 bits per heavy atom. The smallest absolute Gasteiger partial charge is 0.312 e. The zero-order valence-electron chi connectivity index (χ0n) is 15.6. The lowest BCUT2D eigenvalue weighted by atomic mass is 10.3. The fraction of sp³-hybridized carbons (Fsp3) is 0.333. The lowest BCUT2D eigenvalue weighted by Gasteiger charge is -2.29. The molecular formula is C18H22N3O6S+. The van der Waals surface area contributed by atoms with Gasteiger partial charge in [-0.15, -0.1) is 0 Å². The number of nitro benzene ring substituents is 1. The van der Waals surface area contributed by atoms with Crippen molar-refractivity contribution in [1.29, 1.82) is 0 Å². The second kappa shape index (κ2) is 8.13. The zero-order chi connectivity index (χ0) is 20.3. The third-order valence-electron chi connectivity index (χ3n) is 4.61. The topological polar surface area (TPSA) is 103 Å². The largest absolute Gasteiger partial charge is 0.497 e. The van der Waals surface area contributed by atoms with Crippen LogP contribution in [0.25, 0.3) is 0 Å². The van der Waals surface area contributed by atoms with E-state index in [1.807, 2.05) is 7.05 Å². The molecule has 0 bridgehead atoms. The van der Waals surface area contributed by atoms with E-state index < -0.39 is 20.6 Å². The van der Waals surface area contributed by atoms with Gasteiger partial charge in [0, 0.05) is 12.1 Å². The number of quaternary nitrogens is 1. The molecule has 10 heteroatoms. The molecule has 0 unspecified atom stereocenters. The zero-order valence-corrected chi connectivity index (χ0v) is 16.4. The van der Waals surface area contributed by atoms with Crippen molar-refractivity contribution in [2.75, 3.05) is 40.3 Å². The first-order valence-electron chi connectivity index (χ1n) is 8.73. The van der Waals surface area contributed by atoms with Gasteiger partial charge in [0.15, 0.2) is 0 Å². The van der Waals surface area contributed by atoms with Crippen molar-refractivity contribution in [2.45, 2.75) is 4.90 Å². The normalized spacial score (nSPS) is 15.9. The SMILES string of the molecule is COc1cccc(Oc2ccc(S(=O)(=O)N3CC[NH+](C)CC3)cc2[N+](=O)[O-])c1. The number of nitro groups is 1. The summed E-state index contributed by atoms with van der Waals surface area (Å²) in [6.45, 7) is 2.14. The van der Waals surface area contributed by atoms with Crippen LogP contribution < -0.4 is 14.4 Å². The van der Waals surface area contributed by atoms with Crippen LogP contribution in [0.15, 0.2) is 47.4 Å². The van der Waals surface area contributed by atoms with E-state index in [0.29, 0.717) is 37.7 Å². The van der Waals surface area contributed by atoms with Crippen molar-refractivity contribution in [3.63, 3.8) is 0 Å². The molecule has 1 saturated heterocycles. The molecule has 0 spiro atoms. The van der Waals surface area contributed by atoms with Crippen LogP contribution in [0.2, 0.25) is 0 Å². The first-order valence-corrected chi connectivity index (χ1v) is 10.2. The molecule has 2 aromatic rings. The van der Waals surface area contributed by atoms with Crippen LogP contribution in [-0.4, -0.2) is 58.0 Å². The number of nitrogens with zero attached hydrogens (tertiary/aromatic N) is 2. The summed E-state index contributed by atoms with van der Waals surface area (Å²) in [5.74, 6) is 0.844. The van der Waals surface area contributed by atoms with Crippen LogP contribution in [0, 0.1) is 10.1 Å². The molecule has 3 rings (SSSR count). The molecule has 0 radical (unpaired) electrons. The van der Waals surface area contributed by atoms with E-state index in [0.717, 1.165) is 6.07 Å².